The molecule has 0 unspecified atom stereocenters. The number of methoxy groups -OCH3 is 3. The molecule has 1 aromatic carbocycles. The van der Waals surface area contributed by atoms with Crippen molar-refractivity contribution >= 4 is 5.69 Å². The third-order valence-electron chi connectivity index (χ3n) is 2.15. The van der Waals surface area contributed by atoms with Gasteiger partial charge >= 0.3 is 0 Å². The second kappa shape index (κ2) is 5.49. The van der Waals surface area contributed by atoms with Crippen molar-refractivity contribution in [3.05, 3.63) is 12.1 Å². The first-order chi connectivity index (χ1) is 7.62. The molecular formula is C12H19NO3. The highest BCUT2D eigenvalue weighted by atomic mass is 16.5. The minimum absolute atomic E-state index is 0.326. The monoisotopic (exact) mass is 225 g/mol. The van der Waals surface area contributed by atoms with Crippen LogP contribution in [0.3, 0.4) is 0 Å². The van der Waals surface area contributed by atoms with Crippen LogP contribution in [0.15, 0.2) is 12.1 Å². The van der Waals surface area contributed by atoms with Crippen LogP contribution in [-0.2, 0) is 0 Å². The molecule has 16 heavy (non-hydrogen) atoms. The van der Waals surface area contributed by atoms with E-state index in [4.69, 9.17) is 14.2 Å². The van der Waals surface area contributed by atoms with E-state index in [9.17, 15) is 0 Å². The zero-order chi connectivity index (χ0) is 12.1. The quantitative estimate of drug-likeness (QED) is 0.836. The van der Waals surface area contributed by atoms with Gasteiger partial charge in [-0.3, -0.25) is 0 Å². The van der Waals surface area contributed by atoms with Crippen molar-refractivity contribution in [1.29, 1.82) is 0 Å². The summed E-state index contributed by atoms with van der Waals surface area (Å²) < 4.78 is 15.7. The van der Waals surface area contributed by atoms with E-state index >= 15 is 0 Å². The van der Waals surface area contributed by atoms with E-state index in [1.165, 1.54) is 0 Å². The lowest BCUT2D eigenvalue weighted by molar-refractivity contribution is 0.349. The Labute approximate surface area is 96.5 Å². The van der Waals surface area contributed by atoms with Crippen LogP contribution >= 0.6 is 0 Å². The van der Waals surface area contributed by atoms with Crippen LogP contribution in [0.4, 0.5) is 5.69 Å². The molecule has 0 heterocycles. The van der Waals surface area contributed by atoms with Gasteiger partial charge in [0.1, 0.15) is 5.75 Å². The molecule has 0 bridgehead atoms. The summed E-state index contributed by atoms with van der Waals surface area (Å²) in [5.41, 5.74) is 0.898. The van der Waals surface area contributed by atoms with Gasteiger partial charge in [-0.15, -0.1) is 0 Å². The minimum Gasteiger partial charge on any atom is -0.494 e. The van der Waals surface area contributed by atoms with Gasteiger partial charge in [-0.2, -0.15) is 0 Å². The lowest BCUT2D eigenvalue weighted by atomic mass is 10.2. The molecule has 0 saturated heterocycles. The number of nitrogens with one attached hydrogen (secondary N) is 1. The molecule has 4 nitrogen and oxygen atoms in total. The summed E-state index contributed by atoms with van der Waals surface area (Å²) in [6.07, 6.45) is 0. The third-order valence-corrected chi connectivity index (χ3v) is 2.15. The van der Waals surface area contributed by atoms with E-state index in [0.29, 0.717) is 17.5 Å². The predicted molar refractivity (Wildman–Crippen MR) is 64.9 cm³/mol. The molecule has 0 fully saturated rings. The number of anilines is 1. The summed E-state index contributed by atoms with van der Waals surface area (Å²) in [4.78, 5) is 0. The smallest absolute Gasteiger partial charge is 0.164 e. The Hall–Kier alpha value is -1.58. The van der Waals surface area contributed by atoms with Crippen molar-refractivity contribution in [2.45, 2.75) is 19.9 Å². The zero-order valence-corrected chi connectivity index (χ0v) is 10.5. The number of hydrogen-bond donors (Lipinski definition) is 1. The lowest BCUT2D eigenvalue weighted by Gasteiger charge is -2.17. The van der Waals surface area contributed by atoms with Gasteiger partial charge in [-0.1, -0.05) is 0 Å². The van der Waals surface area contributed by atoms with Gasteiger partial charge in [-0.05, 0) is 13.8 Å². The number of rotatable bonds is 5. The molecule has 1 rings (SSSR count). The molecule has 0 atom stereocenters. The van der Waals surface area contributed by atoms with Gasteiger partial charge in [-0.25, -0.2) is 0 Å². The molecular weight excluding hydrogens is 206 g/mol. The maximum atomic E-state index is 5.29. The number of benzene rings is 1. The molecule has 0 aliphatic rings. The molecule has 90 valence electrons. The van der Waals surface area contributed by atoms with E-state index in [0.717, 1.165) is 11.4 Å². The first-order valence-electron chi connectivity index (χ1n) is 5.19. The molecule has 0 spiro atoms. The summed E-state index contributed by atoms with van der Waals surface area (Å²) in [5, 5.41) is 3.29. The van der Waals surface area contributed by atoms with E-state index in [2.05, 4.69) is 19.2 Å². The van der Waals surface area contributed by atoms with Crippen LogP contribution in [0.2, 0.25) is 0 Å². The minimum atomic E-state index is 0.326. The van der Waals surface area contributed by atoms with Crippen molar-refractivity contribution in [3.63, 3.8) is 0 Å². The molecule has 0 aliphatic heterocycles. The van der Waals surface area contributed by atoms with Crippen LogP contribution < -0.4 is 19.5 Å². The second-order valence-electron chi connectivity index (χ2n) is 3.71. The van der Waals surface area contributed by atoms with E-state index < -0.39 is 0 Å². The van der Waals surface area contributed by atoms with Crippen molar-refractivity contribution < 1.29 is 14.2 Å². The lowest BCUT2D eigenvalue weighted by Crippen LogP contribution is -2.11. The van der Waals surface area contributed by atoms with Gasteiger partial charge in [0.05, 0.1) is 27.0 Å². The molecule has 1 aromatic rings. The fraction of sp³-hybridized carbons (Fsp3) is 0.500. The molecule has 4 heteroatoms. The average molecular weight is 225 g/mol. The Morgan fingerprint density at radius 3 is 1.81 bits per heavy atom. The average Bonchev–Trinajstić information content (AvgIpc) is 2.27. The van der Waals surface area contributed by atoms with E-state index in [-0.39, 0.29) is 0 Å². The highest BCUT2D eigenvalue weighted by molar-refractivity contribution is 5.64. The summed E-state index contributed by atoms with van der Waals surface area (Å²) >= 11 is 0. The van der Waals surface area contributed by atoms with Crippen LogP contribution in [0, 0.1) is 0 Å². The molecule has 0 radical (unpaired) electrons. The summed E-state index contributed by atoms with van der Waals surface area (Å²) in [5.74, 6) is 2.09. The fourth-order valence-electron chi connectivity index (χ4n) is 1.45. The molecule has 1 N–H and O–H groups in total. The Bertz CT molecular complexity index is 350. The van der Waals surface area contributed by atoms with Crippen LogP contribution in [-0.4, -0.2) is 27.4 Å². The summed E-state index contributed by atoms with van der Waals surface area (Å²) in [7, 11) is 4.85. The molecule has 0 aromatic heterocycles. The van der Waals surface area contributed by atoms with Crippen molar-refractivity contribution in [3.8, 4) is 17.2 Å². The van der Waals surface area contributed by atoms with Crippen molar-refractivity contribution in [2.24, 2.45) is 0 Å². The molecule has 0 amide bonds. The van der Waals surface area contributed by atoms with E-state index in [1.807, 2.05) is 12.1 Å². The van der Waals surface area contributed by atoms with Crippen LogP contribution in [0.5, 0.6) is 17.2 Å². The van der Waals surface area contributed by atoms with Crippen molar-refractivity contribution in [1.82, 2.24) is 0 Å². The standard InChI is InChI=1S/C12H19NO3/c1-8(2)13-9-6-11(15-4)12(16-5)7-10(9)14-3/h6-8,13H,1-5H3. The van der Waals surface area contributed by atoms with Gasteiger partial charge in [0.15, 0.2) is 11.5 Å². The normalized spacial score (nSPS) is 10.1. The maximum absolute atomic E-state index is 5.29. The summed E-state index contributed by atoms with van der Waals surface area (Å²) in [6, 6.07) is 4.01. The first-order valence-corrected chi connectivity index (χ1v) is 5.19. The van der Waals surface area contributed by atoms with Gasteiger partial charge in [0, 0.05) is 18.2 Å². The SMILES string of the molecule is COc1cc(OC)c(OC)cc1NC(C)C. The third kappa shape index (κ3) is 2.72. The molecule has 0 aliphatic carbocycles. The largest absolute Gasteiger partial charge is 0.494 e. The maximum Gasteiger partial charge on any atom is 0.164 e. The topological polar surface area (TPSA) is 39.7 Å². The summed E-state index contributed by atoms with van der Waals surface area (Å²) in [6.45, 7) is 4.13. The van der Waals surface area contributed by atoms with Crippen LogP contribution in [0.1, 0.15) is 13.8 Å². The Morgan fingerprint density at radius 1 is 0.875 bits per heavy atom. The highest BCUT2D eigenvalue weighted by Gasteiger charge is 2.11. The first kappa shape index (κ1) is 12.5. The van der Waals surface area contributed by atoms with Crippen LogP contribution in [0.25, 0.3) is 0 Å². The van der Waals surface area contributed by atoms with Crippen molar-refractivity contribution in [2.75, 3.05) is 26.6 Å². The second-order valence-corrected chi connectivity index (χ2v) is 3.71. The Kier molecular flexibility index (Phi) is 4.28. The van der Waals surface area contributed by atoms with Gasteiger partial charge in [0.25, 0.3) is 0 Å². The fourth-order valence-corrected chi connectivity index (χ4v) is 1.45. The highest BCUT2D eigenvalue weighted by Crippen LogP contribution is 2.37. The Morgan fingerprint density at radius 2 is 1.38 bits per heavy atom. The van der Waals surface area contributed by atoms with E-state index in [1.54, 1.807) is 21.3 Å². The zero-order valence-electron chi connectivity index (χ0n) is 10.5. The Balaban J connectivity index is 3.15. The number of ether oxygens (including phenoxy) is 3. The van der Waals surface area contributed by atoms with Gasteiger partial charge < -0.3 is 19.5 Å². The molecule has 0 saturated carbocycles. The number of hydrogen-bond acceptors (Lipinski definition) is 4. The van der Waals surface area contributed by atoms with Gasteiger partial charge in [0.2, 0.25) is 0 Å². The predicted octanol–water partition coefficient (Wildman–Crippen LogP) is 2.53.